The Labute approximate surface area is 222 Å². The number of amides is 1. The van der Waals surface area contributed by atoms with Crippen LogP contribution in [-0.4, -0.2) is 37.7 Å². The number of fused-ring (bicyclic) bond motifs is 1. The molecule has 0 aliphatic carbocycles. The van der Waals surface area contributed by atoms with Crippen LogP contribution in [0.1, 0.15) is 12.5 Å². The highest BCUT2D eigenvalue weighted by atomic mass is 35.5. The van der Waals surface area contributed by atoms with Gasteiger partial charge in [-0.25, -0.2) is 9.97 Å². The monoisotopic (exact) mass is 533 g/mol. The molecule has 0 saturated carbocycles. The Bertz CT molecular complexity index is 1610. The van der Waals surface area contributed by atoms with Crippen molar-refractivity contribution in [1.29, 1.82) is 0 Å². The fourth-order valence-electron chi connectivity index (χ4n) is 3.89. The lowest BCUT2D eigenvalue weighted by molar-refractivity contribution is -0.114. The molecule has 0 fully saturated rings. The Balaban J connectivity index is 1.58. The van der Waals surface area contributed by atoms with E-state index in [0.717, 1.165) is 16.6 Å². The van der Waals surface area contributed by atoms with Gasteiger partial charge < -0.3 is 15.4 Å². The van der Waals surface area contributed by atoms with Gasteiger partial charge in [-0.3, -0.25) is 14.5 Å². The number of ether oxygens (including phenoxy) is 1. The summed E-state index contributed by atoms with van der Waals surface area (Å²) in [6.07, 6.45) is 4.97. The van der Waals surface area contributed by atoms with E-state index in [9.17, 15) is 4.79 Å². The summed E-state index contributed by atoms with van der Waals surface area (Å²) >= 11 is 13.1. The highest BCUT2D eigenvalue weighted by Gasteiger charge is 2.19. The Morgan fingerprint density at radius 3 is 2.62 bits per heavy atom. The number of halogens is 2. The molecule has 2 aromatic carbocycles. The molecule has 3 heterocycles. The molecular weight excluding hydrogens is 513 g/mol. The van der Waals surface area contributed by atoms with Crippen LogP contribution in [0, 0.1) is 0 Å². The van der Waals surface area contributed by atoms with E-state index in [0.29, 0.717) is 44.4 Å². The van der Waals surface area contributed by atoms with Crippen molar-refractivity contribution in [3.05, 3.63) is 82.7 Å². The SMILES string of the molecule is COc1cnc(-c2nn(Cc3c(Cl)ccc(NC(C)=O)c3Cl)c3ccccc23)nc1Nc1ccncc1. The molecule has 3 aromatic heterocycles. The molecular formula is C26H21Cl2N7O2. The zero-order chi connectivity index (χ0) is 25.9. The maximum Gasteiger partial charge on any atom is 0.221 e. The predicted octanol–water partition coefficient (Wildman–Crippen LogP) is 5.95. The number of para-hydroxylation sites is 1. The fourth-order valence-corrected chi connectivity index (χ4v) is 4.42. The van der Waals surface area contributed by atoms with Crippen LogP contribution in [0.3, 0.4) is 0 Å². The van der Waals surface area contributed by atoms with Crippen molar-refractivity contribution in [2.45, 2.75) is 13.5 Å². The molecule has 0 unspecified atom stereocenters. The average Bonchev–Trinajstić information content (AvgIpc) is 3.27. The van der Waals surface area contributed by atoms with E-state index in [1.807, 2.05) is 36.4 Å². The maximum absolute atomic E-state index is 11.6. The van der Waals surface area contributed by atoms with Crippen LogP contribution in [0.15, 0.2) is 67.1 Å². The molecule has 5 rings (SSSR count). The third-order valence-corrected chi connectivity index (χ3v) is 6.38. The van der Waals surface area contributed by atoms with E-state index in [4.69, 9.17) is 38.0 Å². The van der Waals surface area contributed by atoms with Crippen LogP contribution in [0.5, 0.6) is 5.75 Å². The lowest BCUT2D eigenvalue weighted by Gasteiger charge is -2.13. The number of hydrogen-bond acceptors (Lipinski definition) is 7. The molecule has 0 bridgehead atoms. The highest BCUT2D eigenvalue weighted by molar-refractivity contribution is 6.38. The molecule has 1 amide bonds. The molecule has 37 heavy (non-hydrogen) atoms. The van der Waals surface area contributed by atoms with Gasteiger partial charge in [0.05, 0.1) is 36.1 Å². The Morgan fingerprint density at radius 1 is 1.08 bits per heavy atom. The predicted molar refractivity (Wildman–Crippen MR) is 145 cm³/mol. The van der Waals surface area contributed by atoms with Gasteiger partial charge >= 0.3 is 0 Å². The summed E-state index contributed by atoms with van der Waals surface area (Å²) in [4.78, 5) is 24.9. The molecule has 0 saturated heterocycles. The summed E-state index contributed by atoms with van der Waals surface area (Å²) in [5.74, 6) is 1.16. The Hall–Kier alpha value is -4.21. The van der Waals surface area contributed by atoms with Crippen molar-refractivity contribution in [2.75, 3.05) is 17.7 Å². The second-order valence-corrected chi connectivity index (χ2v) is 8.85. The number of pyridine rings is 1. The van der Waals surface area contributed by atoms with Gasteiger partial charge in [0.25, 0.3) is 0 Å². The van der Waals surface area contributed by atoms with Crippen molar-refractivity contribution in [1.82, 2.24) is 24.7 Å². The topological polar surface area (TPSA) is 107 Å². The lowest BCUT2D eigenvalue weighted by Crippen LogP contribution is -2.09. The van der Waals surface area contributed by atoms with Gasteiger partial charge in [0.1, 0.15) is 5.69 Å². The van der Waals surface area contributed by atoms with E-state index >= 15 is 0 Å². The van der Waals surface area contributed by atoms with Gasteiger partial charge in [-0.2, -0.15) is 5.10 Å². The molecule has 0 aliphatic heterocycles. The first-order valence-electron chi connectivity index (χ1n) is 11.2. The zero-order valence-corrected chi connectivity index (χ0v) is 21.4. The van der Waals surface area contributed by atoms with Crippen molar-refractivity contribution in [3.8, 4) is 17.3 Å². The van der Waals surface area contributed by atoms with E-state index in [1.165, 1.54) is 6.92 Å². The first kappa shape index (κ1) is 24.5. The summed E-state index contributed by atoms with van der Waals surface area (Å²) in [6, 6.07) is 14.8. The van der Waals surface area contributed by atoms with Crippen LogP contribution in [-0.2, 0) is 11.3 Å². The molecule has 0 radical (unpaired) electrons. The molecule has 9 nitrogen and oxygen atoms in total. The standard InChI is InChI=1S/C26H21Cl2N7O2/c1-15(36)31-20-8-7-19(27)18(23(20)28)14-35-21-6-4-3-5-17(21)24(34-35)26-30-13-22(37-2)25(33-26)32-16-9-11-29-12-10-16/h3-13H,14H2,1-2H3,(H,31,36)(H,29,30,32,33). The number of rotatable bonds is 7. The molecule has 11 heteroatoms. The van der Waals surface area contributed by atoms with Crippen LogP contribution in [0.25, 0.3) is 22.4 Å². The first-order chi connectivity index (χ1) is 17.9. The summed E-state index contributed by atoms with van der Waals surface area (Å²) in [5, 5.41) is 12.5. The van der Waals surface area contributed by atoms with E-state index in [-0.39, 0.29) is 12.5 Å². The van der Waals surface area contributed by atoms with Crippen molar-refractivity contribution in [3.63, 3.8) is 0 Å². The summed E-state index contributed by atoms with van der Waals surface area (Å²) in [7, 11) is 1.56. The minimum atomic E-state index is -0.227. The van der Waals surface area contributed by atoms with Crippen LogP contribution in [0.2, 0.25) is 10.0 Å². The highest BCUT2D eigenvalue weighted by Crippen LogP contribution is 2.35. The number of carbonyl (C=O) groups excluding carboxylic acids is 1. The second-order valence-electron chi connectivity index (χ2n) is 8.06. The van der Waals surface area contributed by atoms with E-state index in [2.05, 4.69) is 20.6 Å². The molecule has 0 aliphatic rings. The number of anilines is 3. The summed E-state index contributed by atoms with van der Waals surface area (Å²) in [6.45, 7) is 1.69. The Kier molecular flexibility index (Phi) is 6.89. The summed E-state index contributed by atoms with van der Waals surface area (Å²) in [5.41, 5.74) is 3.34. The van der Waals surface area contributed by atoms with Gasteiger partial charge in [-0.05, 0) is 30.3 Å². The molecule has 5 aromatic rings. The first-order valence-corrected chi connectivity index (χ1v) is 12.0. The van der Waals surface area contributed by atoms with Gasteiger partial charge in [0.15, 0.2) is 17.4 Å². The van der Waals surface area contributed by atoms with Crippen molar-refractivity contribution < 1.29 is 9.53 Å². The number of nitrogens with zero attached hydrogens (tertiary/aromatic N) is 5. The normalized spacial score (nSPS) is 10.9. The van der Waals surface area contributed by atoms with Crippen LogP contribution < -0.4 is 15.4 Å². The number of nitrogens with one attached hydrogen (secondary N) is 2. The molecule has 2 N–H and O–H groups in total. The van der Waals surface area contributed by atoms with Gasteiger partial charge in [-0.1, -0.05) is 41.4 Å². The summed E-state index contributed by atoms with van der Waals surface area (Å²) < 4.78 is 7.25. The van der Waals surface area contributed by atoms with Gasteiger partial charge in [-0.15, -0.1) is 0 Å². The number of methoxy groups -OCH3 is 1. The quantitative estimate of drug-likeness (QED) is 0.266. The maximum atomic E-state index is 11.6. The van der Waals surface area contributed by atoms with E-state index < -0.39 is 0 Å². The largest absolute Gasteiger partial charge is 0.491 e. The number of hydrogen-bond donors (Lipinski definition) is 2. The lowest BCUT2D eigenvalue weighted by atomic mass is 10.1. The fraction of sp³-hybridized carbons (Fsp3) is 0.115. The smallest absolute Gasteiger partial charge is 0.221 e. The van der Waals surface area contributed by atoms with Crippen LogP contribution >= 0.6 is 23.2 Å². The van der Waals surface area contributed by atoms with Crippen LogP contribution in [0.4, 0.5) is 17.2 Å². The number of carbonyl (C=O) groups is 1. The number of aromatic nitrogens is 5. The molecule has 0 atom stereocenters. The van der Waals surface area contributed by atoms with Gasteiger partial charge in [0.2, 0.25) is 5.91 Å². The zero-order valence-electron chi connectivity index (χ0n) is 19.9. The average molecular weight is 534 g/mol. The minimum absolute atomic E-state index is 0.227. The Morgan fingerprint density at radius 2 is 1.86 bits per heavy atom. The number of benzene rings is 2. The minimum Gasteiger partial charge on any atom is -0.491 e. The van der Waals surface area contributed by atoms with E-state index in [1.54, 1.807) is 42.5 Å². The van der Waals surface area contributed by atoms with Crippen molar-refractivity contribution in [2.24, 2.45) is 0 Å². The molecule has 186 valence electrons. The molecule has 0 spiro atoms. The van der Waals surface area contributed by atoms with Crippen molar-refractivity contribution >= 4 is 57.2 Å². The van der Waals surface area contributed by atoms with Gasteiger partial charge in [0, 0.05) is 41.0 Å². The third-order valence-electron chi connectivity index (χ3n) is 5.59. The second kappa shape index (κ2) is 10.4. The third kappa shape index (κ3) is 5.04.